The fraction of sp³-hybridized carbons (Fsp3) is 0.217. The number of amides is 2. The van der Waals surface area contributed by atoms with Gasteiger partial charge in [0, 0.05) is 41.7 Å². The van der Waals surface area contributed by atoms with Gasteiger partial charge in [0.15, 0.2) is 0 Å². The third kappa shape index (κ3) is 4.00. The van der Waals surface area contributed by atoms with Crippen LogP contribution >= 0.6 is 0 Å². The molecule has 3 aromatic rings. The standard InChI is InChI=1S/C23H23N5O2/c1-14-18(4-3-5-19(14)21(24)29)20-12-13-25-23(27-20)26-16-8-6-15(7-9-16)22(30)28(2)17-10-11-17/h3-9,12-13,17H,10-11H2,1-2H3,(H2,24,29)(H,25,26,27). The predicted octanol–water partition coefficient (Wildman–Crippen LogP) is 3.53. The van der Waals surface area contributed by atoms with E-state index in [1.165, 1.54) is 0 Å². The van der Waals surface area contributed by atoms with Crippen molar-refractivity contribution in [1.82, 2.24) is 14.9 Å². The van der Waals surface area contributed by atoms with E-state index in [1.54, 1.807) is 41.4 Å². The number of benzene rings is 2. The Bertz CT molecular complexity index is 1110. The third-order valence-electron chi connectivity index (χ3n) is 5.33. The van der Waals surface area contributed by atoms with E-state index < -0.39 is 5.91 Å². The maximum atomic E-state index is 12.5. The summed E-state index contributed by atoms with van der Waals surface area (Å²) in [5, 5.41) is 3.16. The highest BCUT2D eigenvalue weighted by atomic mass is 16.2. The lowest BCUT2D eigenvalue weighted by Crippen LogP contribution is -2.28. The van der Waals surface area contributed by atoms with Gasteiger partial charge < -0.3 is 16.0 Å². The second-order valence-electron chi connectivity index (χ2n) is 7.46. The monoisotopic (exact) mass is 401 g/mol. The maximum absolute atomic E-state index is 12.5. The van der Waals surface area contributed by atoms with Crippen molar-refractivity contribution in [1.29, 1.82) is 0 Å². The number of primary amides is 1. The summed E-state index contributed by atoms with van der Waals surface area (Å²) in [5.74, 6) is -0.0126. The van der Waals surface area contributed by atoms with Gasteiger partial charge in [-0.3, -0.25) is 9.59 Å². The number of hydrogen-bond acceptors (Lipinski definition) is 5. The molecule has 1 saturated carbocycles. The number of rotatable bonds is 6. The van der Waals surface area contributed by atoms with Crippen LogP contribution in [0.4, 0.5) is 11.6 Å². The van der Waals surface area contributed by atoms with Gasteiger partial charge in [0.05, 0.1) is 5.69 Å². The Hall–Kier alpha value is -3.74. The first-order chi connectivity index (χ1) is 14.4. The van der Waals surface area contributed by atoms with Crippen LogP contribution in [-0.4, -0.2) is 39.8 Å². The first-order valence-corrected chi connectivity index (χ1v) is 9.81. The van der Waals surface area contributed by atoms with E-state index >= 15 is 0 Å². The van der Waals surface area contributed by atoms with Crippen LogP contribution in [-0.2, 0) is 0 Å². The molecule has 2 aromatic carbocycles. The largest absolute Gasteiger partial charge is 0.366 e. The molecule has 7 nitrogen and oxygen atoms in total. The van der Waals surface area contributed by atoms with Crippen LogP contribution in [0.15, 0.2) is 54.7 Å². The molecule has 0 unspecified atom stereocenters. The second-order valence-corrected chi connectivity index (χ2v) is 7.46. The van der Waals surface area contributed by atoms with Crippen molar-refractivity contribution in [2.75, 3.05) is 12.4 Å². The molecule has 1 aliphatic rings. The molecule has 7 heteroatoms. The van der Waals surface area contributed by atoms with Crippen molar-refractivity contribution in [3.8, 4) is 11.3 Å². The Kier molecular flexibility index (Phi) is 5.18. The van der Waals surface area contributed by atoms with Gasteiger partial charge in [-0.1, -0.05) is 12.1 Å². The summed E-state index contributed by atoms with van der Waals surface area (Å²) in [6.07, 6.45) is 3.82. The predicted molar refractivity (Wildman–Crippen MR) is 116 cm³/mol. The molecule has 0 atom stereocenters. The highest BCUT2D eigenvalue weighted by molar-refractivity contribution is 5.96. The summed E-state index contributed by atoms with van der Waals surface area (Å²) >= 11 is 0. The average Bonchev–Trinajstić information content (AvgIpc) is 3.59. The van der Waals surface area contributed by atoms with Crippen LogP contribution in [0.1, 0.15) is 39.1 Å². The van der Waals surface area contributed by atoms with Gasteiger partial charge in [-0.15, -0.1) is 0 Å². The van der Waals surface area contributed by atoms with Gasteiger partial charge in [0.1, 0.15) is 0 Å². The normalized spacial score (nSPS) is 13.0. The topological polar surface area (TPSA) is 101 Å². The minimum atomic E-state index is -0.469. The van der Waals surface area contributed by atoms with Crippen molar-refractivity contribution in [2.24, 2.45) is 5.73 Å². The number of carbonyl (C=O) groups excluding carboxylic acids is 2. The fourth-order valence-electron chi connectivity index (χ4n) is 3.41. The third-order valence-corrected chi connectivity index (χ3v) is 5.33. The summed E-state index contributed by atoms with van der Waals surface area (Å²) < 4.78 is 0. The Morgan fingerprint density at radius 2 is 1.83 bits per heavy atom. The van der Waals surface area contributed by atoms with Crippen molar-refractivity contribution < 1.29 is 9.59 Å². The molecule has 2 amide bonds. The summed E-state index contributed by atoms with van der Waals surface area (Å²) in [6, 6.07) is 14.8. The molecular formula is C23H23N5O2. The second kappa shape index (κ2) is 7.94. The van der Waals surface area contributed by atoms with Gasteiger partial charge in [-0.2, -0.15) is 0 Å². The van der Waals surface area contributed by atoms with E-state index in [1.807, 2.05) is 32.2 Å². The average molecular weight is 401 g/mol. The zero-order valence-corrected chi connectivity index (χ0v) is 16.9. The molecule has 1 aliphatic carbocycles. The minimum absolute atomic E-state index is 0.0344. The molecule has 0 radical (unpaired) electrons. The summed E-state index contributed by atoms with van der Waals surface area (Å²) in [7, 11) is 1.85. The molecule has 0 saturated heterocycles. The number of hydrogen-bond donors (Lipinski definition) is 2. The van der Waals surface area contributed by atoms with E-state index in [9.17, 15) is 9.59 Å². The molecule has 3 N–H and O–H groups in total. The Balaban J connectivity index is 1.53. The lowest BCUT2D eigenvalue weighted by molar-refractivity contribution is 0.0785. The molecular weight excluding hydrogens is 378 g/mol. The number of carbonyl (C=O) groups is 2. The van der Waals surface area contributed by atoms with Crippen molar-refractivity contribution in [2.45, 2.75) is 25.8 Å². The van der Waals surface area contributed by atoms with Gasteiger partial charge >= 0.3 is 0 Å². The van der Waals surface area contributed by atoms with Gasteiger partial charge in [0.25, 0.3) is 5.91 Å². The van der Waals surface area contributed by atoms with Crippen LogP contribution in [0.2, 0.25) is 0 Å². The molecule has 30 heavy (non-hydrogen) atoms. The lowest BCUT2D eigenvalue weighted by atomic mass is 9.99. The van der Waals surface area contributed by atoms with E-state index in [0.717, 1.165) is 29.7 Å². The van der Waals surface area contributed by atoms with Crippen LogP contribution in [0.3, 0.4) is 0 Å². The molecule has 0 aliphatic heterocycles. The number of nitrogens with one attached hydrogen (secondary N) is 1. The van der Waals surface area contributed by atoms with Crippen molar-refractivity contribution in [3.05, 3.63) is 71.4 Å². The van der Waals surface area contributed by atoms with Crippen LogP contribution in [0.25, 0.3) is 11.3 Å². The SMILES string of the molecule is Cc1c(C(N)=O)cccc1-c1ccnc(Nc2ccc(C(=O)N(C)C3CC3)cc2)n1. The van der Waals surface area contributed by atoms with Crippen LogP contribution < -0.4 is 11.1 Å². The Labute approximate surface area is 175 Å². The van der Waals surface area contributed by atoms with Gasteiger partial charge in [0.2, 0.25) is 11.9 Å². The number of nitrogens with zero attached hydrogens (tertiary/aromatic N) is 3. The smallest absolute Gasteiger partial charge is 0.253 e. The summed E-state index contributed by atoms with van der Waals surface area (Å²) in [4.78, 5) is 34.7. The summed E-state index contributed by atoms with van der Waals surface area (Å²) in [5.41, 5.74) is 9.64. The number of anilines is 2. The first-order valence-electron chi connectivity index (χ1n) is 9.81. The van der Waals surface area contributed by atoms with Crippen molar-refractivity contribution in [3.63, 3.8) is 0 Å². The zero-order chi connectivity index (χ0) is 21.3. The minimum Gasteiger partial charge on any atom is -0.366 e. The molecule has 1 heterocycles. The number of aromatic nitrogens is 2. The number of nitrogens with two attached hydrogens (primary N) is 1. The zero-order valence-electron chi connectivity index (χ0n) is 16.9. The summed E-state index contributed by atoms with van der Waals surface area (Å²) in [6.45, 7) is 1.85. The molecule has 1 aromatic heterocycles. The Morgan fingerprint density at radius 3 is 2.50 bits per heavy atom. The molecule has 1 fully saturated rings. The maximum Gasteiger partial charge on any atom is 0.253 e. The molecule has 0 spiro atoms. The van der Waals surface area contributed by atoms with E-state index in [4.69, 9.17) is 5.73 Å². The van der Waals surface area contributed by atoms with Gasteiger partial charge in [-0.25, -0.2) is 9.97 Å². The molecule has 4 rings (SSSR count). The van der Waals surface area contributed by atoms with E-state index in [0.29, 0.717) is 28.8 Å². The van der Waals surface area contributed by atoms with Crippen molar-refractivity contribution >= 4 is 23.5 Å². The highest BCUT2D eigenvalue weighted by Crippen LogP contribution is 2.27. The Morgan fingerprint density at radius 1 is 1.10 bits per heavy atom. The van der Waals surface area contributed by atoms with Gasteiger partial charge in [-0.05, 0) is 61.7 Å². The highest BCUT2D eigenvalue weighted by Gasteiger charge is 2.29. The van der Waals surface area contributed by atoms with Crippen LogP contribution in [0, 0.1) is 6.92 Å². The quantitative estimate of drug-likeness (QED) is 0.658. The first kappa shape index (κ1) is 19.6. The molecule has 0 bridgehead atoms. The lowest BCUT2D eigenvalue weighted by Gasteiger charge is -2.16. The van der Waals surface area contributed by atoms with E-state index in [2.05, 4.69) is 15.3 Å². The molecule has 152 valence electrons. The van der Waals surface area contributed by atoms with E-state index in [-0.39, 0.29) is 5.91 Å². The van der Waals surface area contributed by atoms with Crippen LogP contribution in [0.5, 0.6) is 0 Å². The fourth-order valence-corrected chi connectivity index (χ4v) is 3.41.